The number of rotatable bonds is 1. The molecule has 1 aliphatic rings. The average molecular weight is 359 g/mol. The summed E-state index contributed by atoms with van der Waals surface area (Å²) in [5, 5.41) is 0. The number of hydrogen-bond donors (Lipinski definition) is 0. The minimum absolute atomic E-state index is 0. The van der Waals surface area contributed by atoms with E-state index in [-0.39, 0.29) is 65.4 Å². The summed E-state index contributed by atoms with van der Waals surface area (Å²) in [6.07, 6.45) is 5.11. The van der Waals surface area contributed by atoms with E-state index in [4.69, 9.17) is 0 Å². The third-order valence-electron chi connectivity index (χ3n) is 1.58. The molecular formula is C6H16P3Y2-. The van der Waals surface area contributed by atoms with Crippen LogP contribution < -0.4 is 0 Å². The van der Waals surface area contributed by atoms with E-state index >= 15 is 0 Å². The van der Waals surface area contributed by atoms with Gasteiger partial charge in [0.1, 0.15) is 0 Å². The Morgan fingerprint density at radius 1 is 1.36 bits per heavy atom. The zero-order valence-corrected chi connectivity index (χ0v) is 16.2. The van der Waals surface area contributed by atoms with Crippen molar-refractivity contribution in [2.75, 3.05) is 6.16 Å². The van der Waals surface area contributed by atoms with Crippen LogP contribution in [0.3, 0.4) is 0 Å². The molecule has 1 rings (SSSR count). The van der Waals surface area contributed by atoms with E-state index in [1.807, 2.05) is 0 Å². The molecule has 0 amide bonds. The molecule has 0 saturated heterocycles. The Morgan fingerprint density at radius 3 is 1.82 bits per heavy atom. The third kappa shape index (κ3) is 9.79. The van der Waals surface area contributed by atoms with Crippen molar-refractivity contribution in [3.05, 3.63) is 6.42 Å². The summed E-state index contributed by atoms with van der Waals surface area (Å²) >= 11 is 0. The normalized spacial score (nSPS) is 26.2. The second-order valence-corrected chi connectivity index (χ2v) is 2.87. The maximum absolute atomic E-state index is 2.77. The second kappa shape index (κ2) is 13.5. The fraction of sp³-hybridized carbons (Fsp3) is 0.833. The van der Waals surface area contributed by atoms with Crippen molar-refractivity contribution in [2.24, 2.45) is 11.8 Å². The molecule has 0 bridgehead atoms. The van der Waals surface area contributed by atoms with E-state index < -0.39 is 0 Å². The van der Waals surface area contributed by atoms with Crippen LogP contribution >= 0.6 is 27.1 Å². The Morgan fingerprint density at radius 2 is 1.73 bits per heavy atom. The summed E-state index contributed by atoms with van der Waals surface area (Å²) in [7, 11) is 7.44. The Bertz CT molecular complexity index is 66.8. The maximum atomic E-state index is 2.77. The van der Waals surface area contributed by atoms with Gasteiger partial charge in [0, 0.05) is 65.4 Å². The quantitative estimate of drug-likeness (QED) is 0.498. The first-order chi connectivity index (χ1) is 4.33. The molecule has 0 heterocycles. The van der Waals surface area contributed by atoms with Gasteiger partial charge in [-0.1, -0.05) is 13.1 Å². The molecule has 1 aliphatic carbocycles. The molecule has 62 valence electrons. The molecule has 2 radical (unpaired) electrons. The zero-order valence-electron chi connectivity index (χ0n) is 7.03. The topological polar surface area (TPSA) is 0 Å². The molecular weight excluding hydrogens is 343 g/mol. The van der Waals surface area contributed by atoms with Crippen LogP contribution in [0.4, 0.5) is 0 Å². The van der Waals surface area contributed by atoms with Gasteiger partial charge in [-0.3, -0.25) is 0 Å². The van der Waals surface area contributed by atoms with Gasteiger partial charge in [-0.15, -0.1) is 33.5 Å². The van der Waals surface area contributed by atoms with Gasteiger partial charge in [0.15, 0.2) is 0 Å². The van der Waals surface area contributed by atoms with Crippen molar-refractivity contribution < 1.29 is 65.4 Å². The predicted octanol–water partition coefficient (Wildman–Crippen LogP) is 2.37. The van der Waals surface area contributed by atoms with Gasteiger partial charge >= 0.3 is 0 Å². The molecule has 0 spiro atoms. The van der Waals surface area contributed by atoms with Gasteiger partial charge in [0.25, 0.3) is 0 Å². The maximum Gasteiger partial charge on any atom is 0 e. The van der Waals surface area contributed by atoms with Crippen molar-refractivity contribution in [1.82, 2.24) is 0 Å². The second-order valence-electron chi connectivity index (χ2n) is 2.40. The minimum Gasteiger partial charge on any atom is -0.323 e. The smallest absolute Gasteiger partial charge is 0 e. The van der Waals surface area contributed by atoms with Crippen molar-refractivity contribution in [2.45, 2.75) is 13.3 Å². The van der Waals surface area contributed by atoms with Crippen LogP contribution in [0, 0.1) is 18.3 Å². The van der Waals surface area contributed by atoms with Gasteiger partial charge in [-0.05, 0) is 0 Å². The Balaban J connectivity index is -0.000000149. The summed E-state index contributed by atoms with van der Waals surface area (Å²) in [6, 6.07) is 0. The minimum atomic E-state index is 0. The first-order valence-corrected chi connectivity index (χ1v) is 6.69. The molecule has 5 unspecified atom stereocenters. The van der Waals surface area contributed by atoms with Crippen molar-refractivity contribution in [3.8, 4) is 0 Å². The van der Waals surface area contributed by atoms with Crippen molar-refractivity contribution in [3.63, 3.8) is 0 Å². The molecule has 5 heteroatoms. The van der Waals surface area contributed by atoms with Gasteiger partial charge < -0.3 is 6.42 Å². The van der Waals surface area contributed by atoms with Gasteiger partial charge in [0.2, 0.25) is 0 Å². The molecule has 0 N–H and O–H groups in total. The van der Waals surface area contributed by atoms with Crippen molar-refractivity contribution in [1.29, 1.82) is 0 Å². The Labute approximate surface area is 128 Å². The fourth-order valence-electron chi connectivity index (χ4n) is 1.08. The van der Waals surface area contributed by atoms with E-state index in [9.17, 15) is 0 Å². The predicted molar refractivity (Wildman–Crippen MR) is 55.6 cm³/mol. The Kier molecular flexibility index (Phi) is 24.5. The molecule has 1 saturated carbocycles. The first-order valence-electron chi connectivity index (χ1n) is 3.21. The van der Waals surface area contributed by atoms with Gasteiger partial charge in [-0.25, -0.2) is 0 Å². The van der Waals surface area contributed by atoms with E-state index in [1.54, 1.807) is 0 Å². The number of hydrogen-bond acceptors (Lipinski definition) is 0. The van der Waals surface area contributed by atoms with E-state index in [2.05, 4.69) is 40.4 Å². The molecule has 0 aliphatic heterocycles. The van der Waals surface area contributed by atoms with E-state index in [0.717, 1.165) is 11.8 Å². The van der Waals surface area contributed by atoms with Crippen molar-refractivity contribution >= 4 is 27.1 Å². The van der Waals surface area contributed by atoms with E-state index in [0.29, 0.717) is 0 Å². The standard InChI is InChI=1S/C6H12P.H4P2.2Y/c1-5-2-6(3-5)4-7;1-2;;/h2,5-6H,3-4,7H2,1H3;1-2H2;;/q-1;;;. The molecule has 11 heavy (non-hydrogen) atoms. The fourth-order valence-corrected chi connectivity index (χ4v) is 1.43. The van der Waals surface area contributed by atoms with Gasteiger partial charge in [0.05, 0.1) is 0 Å². The average Bonchev–Trinajstić information content (AvgIpc) is 1.86. The SMILES string of the molecule is CC1[CH-]C(CP)C1.PP.[Y].[Y]. The van der Waals surface area contributed by atoms with E-state index in [1.165, 1.54) is 12.6 Å². The summed E-state index contributed by atoms with van der Waals surface area (Å²) in [4.78, 5) is 0. The summed E-state index contributed by atoms with van der Waals surface area (Å²) in [5.41, 5.74) is 0. The molecule has 0 nitrogen and oxygen atoms in total. The third-order valence-corrected chi connectivity index (χ3v) is 2.18. The zero-order chi connectivity index (χ0) is 7.28. The molecule has 0 aromatic rings. The molecule has 0 aromatic carbocycles. The monoisotopic (exact) mass is 359 g/mol. The first kappa shape index (κ1) is 20.0. The van der Waals surface area contributed by atoms with Crippen LogP contribution in [0.2, 0.25) is 0 Å². The Hall–Kier alpha value is 3.50. The van der Waals surface area contributed by atoms with Crippen LogP contribution in [-0.2, 0) is 65.4 Å². The molecule has 0 aromatic heterocycles. The summed E-state index contributed by atoms with van der Waals surface area (Å²) in [5.74, 6) is 1.84. The van der Waals surface area contributed by atoms with Crippen LogP contribution in [-0.4, -0.2) is 6.16 Å². The summed E-state index contributed by atoms with van der Waals surface area (Å²) < 4.78 is 0. The molecule has 5 atom stereocenters. The van der Waals surface area contributed by atoms with Crippen LogP contribution in [0.5, 0.6) is 0 Å². The van der Waals surface area contributed by atoms with Crippen LogP contribution in [0.15, 0.2) is 0 Å². The van der Waals surface area contributed by atoms with Gasteiger partial charge in [-0.2, -0.15) is 11.8 Å². The van der Waals surface area contributed by atoms with Crippen LogP contribution in [0.25, 0.3) is 0 Å². The molecule has 1 fully saturated rings. The summed E-state index contributed by atoms with van der Waals surface area (Å²) in [6.45, 7) is 2.27. The largest absolute Gasteiger partial charge is 0.323 e. The van der Waals surface area contributed by atoms with Crippen LogP contribution in [0.1, 0.15) is 13.3 Å².